The van der Waals surface area contributed by atoms with Gasteiger partial charge in [0, 0.05) is 19.5 Å². The summed E-state index contributed by atoms with van der Waals surface area (Å²) in [5.41, 5.74) is 1.38. The fraction of sp³-hybridized carbons (Fsp3) is 0.375. The van der Waals surface area contributed by atoms with E-state index in [1.54, 1.807) is 0 Å². The van der Waals surface area contributed by atoms with Gasteiger partial charge in [0.1, 0.15) is 5.82 Å². The van der Waals surface area contributed by atoms with Gasteiger partial charge in [-0.2, -0.15) is 0 Å². The van der Waals surface area contributed by atoms with Gasteiger partial charge >= 0.3 is 0 Å². The Balaban J connectivity index is 2.57. The van der Waals surface area contributed by atoms with Crippen LogP contribution < -0.4 is 0 Å². The van der Waals surface area contributed by atoms with Crippen LogP contribution >= 0.6 is 0 Å². The van der Waals surface area contributed by atoms with Crippen molar-refractivity contribution in [3.8, 4) is 0 Å². The number of aromatic nitrogens is 1. The molecule has 0 atom stereocenters. The Morgan fingerprint density at radius 1 is 1.60 bits per heavy atom. The molecule has 0 N–H and O–H groups in total. The van der Waals surface area contributed by atoms with E-state index in [-0.39, 0.29) is 0 Å². The molecule has 0 spiro atoms. The molecule has 0 unspecified atom stereocenters. The molecule has 1 aliphatic heterocycles. The summed E-state index contributed by atoms with van der Waals surface area (Å²) < 4.78 is 2.06. The number of hydrogen-bond acceptors (Lipinski definition) is 1. The van der Waals surface area contributed by atoms with Crippen LogP contribution in [0.25, 0.3) is 0 Å². The van der Waals surface area contributed by atoms with Crippen LogP contribution in [-0.4, -0.2) is 10.8 Å². The third-order valence-corrected chi connectivity index (χ3v) is 1.88. The van der Waals surface area contributed by atoms with Gasteiger partial charge in [0.05, 0.1) is 0 Å². The standard InChI is InChI=1S/C8H10N2/c1-10-6-4-7-3-2-5-9-8(7)10/h4-6H,2-3H2,1H3. The van der Waals surface area contributed by atoms with E-state index < -0.39 is 0 Å². The minimum Gasteiger partial charge on any atom is -0.336 e. The molecule has 10 heavy (non-hydrogen) atoms. The zero-order valence-electron chi connectivity index (χ0n) is 6.04. The summed E-state index contributed by atoms with van der Waals surface area (Å²) in [5, 5.41) is 0. The molecular weight excluding hydrogens is 124 g/mol. The summed E-state index contributed by atoms with van der Waals surface area (Å²) in [4.78, 5) is 4.29. The first-order valence-corrected chi connectivity index (χ1v) is 3.54. The molecule has 2 heteroatoms. The number of hydrogen-bond donors (Lipinski definition) is 0. The highest BCUT2D eigenvalue weighted by atomic mass is 15.0. The summed E-state index contributed by atoms with van der Waals surface area (Å²) in [7, 11) is 2.03. The molecule has 1 aromatic rings. The number of nitrogens with zero attached hydrogens (tertiary/aromatic N) is 2. The SMILES string of the molecule is Cn1ccc2c1N=CCC2. The van der Waals surface area contributed by atoms with Gasteiger partial charge in [-0.25, -0.2) is 4.99 Å². The summed E-state index contributed by atoms with van der Waals surface area (Å²) in [6.45, 7) is 0. The molecule has 2 heterocycles. The molecule has 2 nitrogen and oxygen atoms in total. The molecule has 0 saturated heterocycles. The Morgan fingerprint density at radius 3 is 3.30 bits per heavy atom. The van der Waals surface area contributed by atoms with Gasteiger partial charge in [0.2, 0.25) is 0 Å². The van der Waals surface area contributed by atoms with E-state index in [0.29, 0.717) is 0 Å². The van der Waals surface area contributed by atoms with Gasteiger partial charge in [-0.1, -0.05) is 0 Å². The predicted octanol–water partition coefficient (Wildman–Crippen LogP) is 1.67. The molecule has 0 bridgehead atoms. The molecular formula is C8H10N2. The molecule has 0 aromatic carbocycles. The van der Waals surface area contributed by atoms with Crippen molar-refractivity contribution >= 4 is 12.0 Å². The third-order valence-electron chi connectivity index (χ3n) is 1.88. The van der Waals surface area contributed by atoms with Crippen molar-refractivity contribution in [2.45, 2.75) is 12.8 Å². The zero-order valence-corrected chi connectivity index (χ0v) is 6.04. The van der Waals surface area contributed by atoms with Gasteiger partial charge in [0.25, 0.3) is 0 Å². The highest BCUT2D eigenvalue weighted by Gasteiger charge is 2.07. The van der Waals surface area contributed by atoms with Gasteiger partial charge in [-0.15, -0.1) is 0 Å². The number of fused-ring (bicyclic) bond motifs is 1. The lowest BCUT2D eigenvalue weighted by atomic mass is 10.1. The maximum atomic E-state index is 4.29. The van der Waals surface area contributed by atoms with Gasteiger partial charge in [0.15, 0.2) is 0 Å². The van der Waals surface area contributed by atoms with Crippen LogP contribution in [0.5, 0.6) is 0 Å². The second kappa shape index (κ2) is 1.97. The molecule has 0 amide bonds. The van der Waals surface area contributed by atoms with E-state index in [9.17, 15) is 0 Å². The smallest absolute Gasteiger partial charge is 0.135 e. The van der Waals surface area contributed by atoms with E-state index in [1.165, 1.54) is 5.56 Å². The monoisotopic (exact) mass is 134 g/mol. The Hall–Kier alpha value is -1.05. The quantitative estimate of drug-likeness (QED) is 0.513. The Bertz CT molecular complexity index is 271. The van der Waals surface area contributed by atoms with Crippen molar-refractivity contribution in [1.82, 2.24) is 4.57 Å². The fourth-order valence-electron chi connectivity index (χ4n) is 1.31. The van der Waals surface area contributed by atoms with E-state index in [4.69, 9.17) is 0 Å². The summed E-state index contributed by atoms with van der Waals surface area (Å²) in [6.07, 6.45) is 6.30. The first-order chi connectivity index (χ1) is 4.88. The third kappa shape index (κ3) is 0.685. The molecule has 2 rings (SSSR count). The largest absolute Gasteiger partial charge is 0.336 e. The highest BCUT2D eigenvalue weighted by molar-refractivity contribution is 5.67. The average Bonchev–Trinajstić information content (AvgIpc) is 2.34. The van der Waals surface area contributed by atoms with E-state index in [1.807, 2.05) is 13.3 Å². The van der Waals surface area contributed by atoms with Gasteiger partial charge in [-0.05, 0) is 24.5 Å². The number of rotatable bonds is 0. The lowest BCUT2D eigenvalue weighted by Crippen LogP contribution is -1.93. The predicted molar refractivity (Wildman–Crippen MR) is 41.9 cm³/mol. The number of aliphatic imine (C=N–C) groups is 1. The van der Waals surface area contributed by atoms with Crippen molar-refractivity contribution in [2.75, 3.05) is 0 Å². The van der Waals surface area contributed by atoms with Crippen molar-refractivity contribution in [3.05, 3.63) is 17.8 Å². The van der Waals surface area contributed by atoms with Gasteiger partial charge in [-0.3, -0.25) is 0 Å². The molecule has 52 valence electrons. The topological polar surface area (TPSA) is 17.3 Å². The van der Waals surface area contributed by atoms with Crippen molar-refractivity contribution < 1.29 is 0 Å². The molecule has 1 aromatic heterocycles. The Morgan fingerprint density at radius 2 is 2.50 bits per heavy atom. The normalized spacial score (nSPS) is 15.3. The Labute approximate surface area is 60.2 Å². The molecule has 0 fully saturated rings. The number of aryl methyl sites for hydroxylation is 2. The van der Waals surface area contributed by atoms with Crippen molar-refractivity contribution in [1.29, 1.82) is 0 Å². The molecule has 0 aliphatic carbocycles. The molecule has 1 aliphatic rings. The van der Waals surface area contributed by atoms with Crippen LogP contribution in [0.3, 0.4) is 0 Å². The van der Waals surface area contributed by atoms with Crippen molar-refractivity contribution in [3.63, 3.8) is 0 Å². The average molecular weight is 134 g/mol. The summed E-state index contributed by atoms with van der Waals surface area (Å²) in [5.74, 6) is 1.13. The van der Waals surface area contributed by atoms with E-state index >= 15 is 0 Å². The maximum Gasteiger partial charge on any atom is 0.135 e. The first-order valence-electron chi connectivity index (χ1n) is 3.54. The van der Waals surface area contributed by atoms with Crippen LogP contribution in [-0.2, 0) is 13.5 Å². The summed E-state index contributed by atoms with van der Waals surface area (Å²) >= 11 is 0. The van der Waals surface area contributed by atoms with Crippen LogP contribution in [0.2, 0.25) is 0 Å². The Kier molecular flexibility index (Phi) is 1.13. The van der Waals surface area contributed by atoms with Crippen LogP contribution in [0.4, 0.5) is 5.82 Å². The second-order valence-corrected chi connectivity index (χ2v) is 2.63. The molecule has 0 saturated carbocycles. The van der Waals surface area contributed by atoms with E-state index in [2.05, 4.69) is 21.8 Å². The van der Waals surface area contributed by atoms with Crippen LogP contribution in [0, 0.1) is 0 Å². The fourth-order valence-corrected chi connectivity index (χ4v) is 1.31. The molecule has 0 radical (unpaired) electrons. The lowest BCUT2D eigenvalue weighted by molar-refractivity contribution is 0.903. The second-order valence-electron chi connectivity index (χ2n) is 2.63. The van der Waals surface area contributed by atoms with E-state index in [0.717, 1.165) is 18.7 Å². The van der Waals surface area contributed by atoms with Crippen LogP contribution in [0.15, 0.2) is 17.3 Å². The zero-order chi connectivity index (χ0) is 6.97. The van der Waals surface area contributed by atoms with Crippen LogP contribution in [0.1, 0.15) is 12.0 Å². The maximum absolute atomic E-state index is 4.29. The first kappa shape index (κ1) is 5.71. The van der Waals surface area contributed by atoms with Gasteiger partial charge < -0.3 is 4.57 Å². The summed E-state index contributed by atoms with van der Waals surface area (Å²) in [6, 6.07) is 2.14. The lowest BCUT2D eigenvalue weighted by Gasteiger charge is -2.04. The minimum absolute atomic E-state index is 1.09. The minimum atomic E-state index is 1.09. The highest BCUT2D eigenvalue weighted by Crippen LogP contribution is 2.23. The van der Waals surface area contributed by atoms with Crippen molar-refractivity contribution in [2.24, 2.45) is 12.0 Å².